The number of benzene rings is 3. The molecule has 0 aliphatic carbocycles. The fourth-order valence-corrected chi connectivity index (χ4v) is 5.34. The van der Waals surface area contributed by atoms with Crippen molar-refractivity contribution in [3.63, 3.8) is 0 Å². The molecule has 0 bridgehead atoms. The number of nitrogens with zero attached hydrogens (tertiary/aromatic N) is 2. The number of nitrogens with one attached hydrogen (secondary N) is 1. The molecule has 1 N–H and O–H groups in total. The molecule has 2 amide bonds. The average Bonchev–Trinajstić information content (AvgIpc) is 3.27. The Balaban J connectivity index is 1.55. The van der Waals surface area contributed by atoms with Crippen molar-refractivity contribution in [3.8, 4) is 11.5 Å². The molecule has 172 valence electrons. The molecule has 3 aromatic carbocycles. The number of thiazole rings is 1. The number of fused-ring (bicyclic) bond motifs is 2. The van der Waals surface area contributed by atoms with Gasteiger partial charge in [0.25, 0.3) is 5.91 Å². The van der Waals surface area contributed by atoms with Crippen LogP contribution in [0.5, 0.6) is 11.5 Å². The Bertz CT molecular complexity index is 1380. The van der Waals surface area contributed by atoms with Gasteiger partial charge in [-0.15, -0.1) is 0 Å². The van der Waals surface area contributed by atoms with Crippen molar-refractivity contribution in [2.45, 2.75) is 12.0 Å². The highest BCUT2D eigenvalue weighted by atomic mass is 32.1. The maximum Gasteiger partial charge on any atom is 0.254 e. The first-order valence-electron chi connectivity index (χ1n) is 10.8. The Hall–Kier alpha value is -3.91. The summed E-state index contributed by atoms with van der Waals surface area (Å²) in [6.45, 7) is 0. The lowest BCUT2D eigenvalue weighted by atomic mass is 9.79. The molecule has 7 nitrogen and oxygen atoms in total. The van der Waals surface area contributed by atoms with E-state index in [4.69, 9.17) is 9.47 Å². The molecule has 0 saturated heterocycles. The smallest absolute Gasteiger partial charge is 0.254 e. The number of ether oxygens (including phenoxy) is 2. The lowest BCUT2D eigenvalue weighted by molar-refractivity contribution is -0.119. The Morgan fingerprint density at radius 1 is 1.00 bits per heavy atom. The van der Waals surface area contributed by atoms with Crippen molar-refractivity contribution in [2.75, 3.05) is 26.6 Å². The largest absolute Gasteiger partial charge is 0.497 e. The maximum absolute atomic E-state index is 13.8. The van der Waals surface area contributed by atoms with Gasteiger partial charge < -0.3 is 19.7 Å². The van der Waals surface area contributed by atoms with E-state index >= 15 is 0 Å². The third kappa shape index (κ3) is 3.76. The highest BCUT2D eigenvalue weighted by Gasteiger charge is 2.42. The number of hydrogen-bond acceptors (Lipinski definition) is 6. The Morgan fingerprint density at radius 3 is 2.44 bits per heavy atom. The van der Waals surface area contributed by atoms with Gasteiger partial charge in [0.2, 0.25) is 5.91 Å². The summed E-state index contributed by atoms with van der Waals surface area (Å²) in [6.07, 6.45) is 0. The molecule has 8 heteroatoms. The highest BCUT2D eigenvalue weighted by molar-refractivity contribution is 7.22. The minimum atomic E-state index is -0.617. The number of carbonyl (C=O) groups excluding carboxylic acids is 2. The van der Waals surface area contributed by atoms with Gasteiger partial charge in [0.15, 0.2) is 5.13 Å². The van der Waals surface area contributed by atoms with Crippen molar-refractivity contribution in [1.82, 2.24) is 9.88 Å². The first-order valence-corrected chi connectivity index (χ1v) is 11.6. The van der Waals surface area contributed by atoms with E-state index in [1.165, 1.54) is 11.3 Å². The summed E-state index contributed by atoms with van der Waals surface area (Å²) in [4.78, 5) is 33.1. The summed E-state index contributed by atoms with van der Waals surface area (Å²) >= 11 is 1.38. The van der Waals surface area contributed by atoms with Gasteiger partial charge in [-0.1, -0.05) is 41.7 Å². The molecule has 1 aliphatic rings. The van der Waals surface area contributed by atoms with E-state index in [9.17, 15) is 9.59 Å². The molecule has 2 atom stereocenters. The summed E-state index contributed by atoms with van der Waals surface area (Å²) in [5, 5.41) is 3.50. The first kappa shape index (κ1) is 21.9. The van der Waals surface area contributed by atoms with Crippen molar-refractivity contribution < 1.29 is 19.1 Å². The molecule has 2 heterocycles. The van der Waals surface area contributed by atoms with Gasteiger partial charge in [0.1, 0.15) is 11.5 Å². The number of likely N-dealkylation sites (N-methyl/N-ethyl adjacent to an activating group) is 1. The minimum absolute atomic E-state index is 0.118. The van der Waals surface area contributed by atoms with Gasteiger partial charge in [-0.05, 0) is 47.5 Å². The molecule has 34 heavy (non-hydrogen) atoms. The van der Waals surface area contributed by atoms with Gasteiger partial charge in [-0.2, -0.15) is 0 Å². The third-order valence-electron chi connectivity index (χ3n) is 6.15. The number of hydrogen-bond donors (Lipinski definition) is 1. The van der Waals surface area contributed by atoms with Crippen LogP contribution >= 0.6 is 11.3 Å². The lowest BCUT2D eigenvalue weighted by Gasteiger charge is -2.39. The van der Waals surface area contributed by atoms with Crippen LogP contribution in [0.1, 0.15) is 33.4 Å². The molecule has 5 rings (SSSR count). The van der Waals surface area contributed by atoms with Crippen LogP contribution in [0.4, 0.5) is 5.13 Å². The SMILES string of the molecule is COc1ccc(C2C(C(=O)Nc3nc4ccc(OC)cc4s3)c3ccccc3C(=O)N2C)cc1. The third-order valence-corrected chi connectivity index (χ3v) is 7.08. The topological polar surface area (TPSA) is 80.8 Å². The minimum Gasteiger partial charge on any atom is -0.497 e. The van der Waals surface area contributed by atoms with E-state index in [0.717, 1.165) is 21.5 Å². The van der Waals surface area contributed by atoms with Crippen molar-refractivity contribution in [1.29, 1.82) is 0 Å². The standard InChI is InChI=1S/C26H23N3O4S/c1-29-23(15-8-10-16(32-2)11-9-15)22(18-6-4-5-7-19(18)25(29)31)24(30)28-26-27-20-13-12-17(33-3)14-21(20)34-26/h4-14,22-23H,1-3H3,(H,27,28,30). The highest BCUT2D eigenvalue weighted by Crippen LogP contribution is 2.43. The normalized spacial score (nSPS) is 17.4. The van der Waals surface area contributed by atoms with Crippen LogP contribution in [-0.2, 0) is 4.79 Å². The van der Waals surface area contributed by atoms with Crippen molar-refractivity contribution in [2.24, 2.45) is 0 Å². The van der Waals surface area contributed by atoms with Crippen LogP contribution in [-0.4, -0.2) is 43.0 Å². The predicted octanol–water partition coefficient (Wildman–Crippen LogP) is 4.86. The monoisotopic (exact) mass is 473 g/mol. The van der Waals surface area contributed by atoms with E-state index in [2.05, 4.69) is 10.3 Å². The second kappa shape index (κ2) is 8.79. The Labute approximate surface area is 200 Å². The number of aromatic nitrogens is 1. The second-order valence-electron chi connectivity index (χ2n) is 8.04. The van der Waals surface area contributed by atoms with Crippen LogP contribution in [0.25, 0.3) is 10.2 Å². The molecule has 2 unspecified atom stereocenters. The van der Waals surface area contributed by atoms with E-state index < -0.39 is 12.0 Å². The molecular weight excluding hydrogens is 450 g/mol. The van der Waals surface area contributed by atoms with Gasteiger partial charge in [-0.3, -0.25) is 9.59 Å². The number of methoxy groups -OCH3 is 2. The quantitative estimate of drug-likeness (QED) is 0.448. The van der Waals surface area contributed by atoms with Crippen molar-refractivity contribution >= 4 is 38.5 Å². The van der Waals surface area contributed by atoms with Crippen LogP contribution < -0.4 is 14.8 Å². The zero-order chi connectivity index (χ0) is 23.8. The number of amides is 2. The molecule has 1 aliphatic heterocycles. The van der Waals surface area contributed by atoms with Crippen LogP contribution in [0.2, 0.25) is 0 Å². The first-order chi connectivity index (χ1) is 16.5. The van der Waals surface area contributed by atoms with Crippen LogP contribution in [0.15, 0.2) is 66.7 Å². The molecule has 1 aromatic heterocycles. The number of rotatable bonds is 5. The van der Waals surface area contributed by atoms with E-state index in [1.807, 2.05) is 60.7 Å². The molecule has 0 radical (unpaired) electrons. The predicted molar refractivity (Wildman–Crippen MR) is 132 cm³/mol. The fourth-order valence-electron chi connectivity index (χ4n) is 4.44. The summed E-state index contributed by atoms with van der Waals surface area (Å²) < 4.78 is 11.5. The molecular formula is C26H23N3O4S. The number of anilines is 1. The van der Waals surface area contributed by atoms with E-state index in [0.29, 0.717) is 22.0 Å². The van der Waals surface area contributed by atoms with Gasteiger partial charge in [-0.25, -0.2) is 4.98 Å². The maximum atomic E-state index is 13.8. The molecule has 4 aromatic rings. The Kier molecular flexibility index (Phi) is 5.67. The summed E-state index contributed by atoms with van der Waals surface area (Å²) in [6, 6.07) is 19.9. The van der Waals surface area contributed by atoms with E-state index in [1.54, 1.807) is 32.2 Å². The van der Waals surface area contributed by atoms with Gasteiger partial charge in [0.05, 0.1) is 36.4 Å². The zero-order valence-electron chi connectivity index (χ0n) is 18.9. The molecule has 0 saturated carbocycles. The zero-order valence-corrected chi connectivity index (χ0v) is 19.8. The van der Waals surface area contributed by atoms with Gasteiger partial charge in [0, 0.05) is 12.6 Å². The van der Waals surface area contributed by atoms with Gasteiger partial charge >= 0.3 is 0 Å². The molecule has 0 fully saturated rings. The average molecular weight is 474 g/mol. The Morgan fingerprint density at radius 2 is 1.71 bits per heavy atom. The van der Waals surface area contributed by atoms with Crippen molar-refractivity contribution in [3.05, 3.63) is 83.4 Å². The summed E-state index contributed by atoms with van der Waals surface area (Å²) in [5.74, 6) is 0.481. The summed E-state index contributed by atoms with van der Waals surface area (Å²) in [7, 11) is 4.95. The molecule has 0 spiro atoms. The fraction of sp³-hybridized carbons (Fsp3) is 0.192. The van der Waals surface area contributed by atoms with E-state index in [-0.39, 0.29) is 11.8 Å². The van der Waals surface area contributed by atoms with Crippen LogP contribution in [0, 0.1) is 0 Å². The van der Waals surface area contributed by atoms with Crippen LogP contribution in [0.3, 0.4) is 0 Å². The number of carbonyl (C=O) groups is 2. The second-order valence-corrected chi connectivity index (χ2v) is 9.07. The lowest BCUT2D eigenvalue weighted by Crippen LogP contribution is -2.44. The summed E-state index contributed by atoms with van der Waals surface area (Å²) in [5.41, 5.74) is 2.86.